The largest absolute Gasteiger partial charge is 0.374 e. The van der Waals surface area contributed by atoms with E-state index >= 15 is 0 Å². The minimum atomic E-state index is -1.37. The zero-order valence-electron chi connectivity index (χ0n) is 11.6. The molecule has 3 nitrogen and oxygen atoms in total. The number of nitrogens with zero attached hydrogens (tertiary/aromatic N) is 1. The summed E-state index contributed by atoms with van der Waals surface area (Å²) in [6.45, 7) is 0.205. The van der Waals surface area contributed by atoms with Gasteiger partial charge in [-0.25, -0.2) is 8.78 Å². The van der Waals surface area contributed by atoms with E-state index in [2.05, 4.69) is 4.98 Å². The Labute approximate surface area is 122 Å². The van der Waals surface area contributed by atoms with Gasteiger partial charge in [0.15, 0.2) is 0 Å². The Balaban J connectivity index is 1.77. The highest BCUT2D eigenvalue weighted by Crippen LogP contribution is 2.10. The number of rotatable bonds is 7. The van der Waals surface area contributed by atoms with Gasteiger partial charge >= 0.3 is 0 Å². The molecule has 2 rings (SSSR count). The van der Waals surface area contributed by atoms with E-state index < -0.39 is 18.0 Å². The predicted molar refractivity (Wildman–Crippen MR) is 76.9 cm³/mol. The molecule has 0 aliphatic carbocycles. The Bertz CT molecular complexity index is 551. The van der Waals surface area contributed by atoms with E-state index in [1.807, 2.05) is 30.3 Å². The number of nitrogens with two attached hydrogens (primary N) is 1. The second kappa shape index (κ2) is 7.81. The van der Waals surface area contributed by atoms with Crippen molar-refractivity contribution in [3.63, 3.8) is 0 Å². The van der Waals surface area contributed by atoms with Crippen LogP contribution in [-0.2, 0) is 17.8 Å². The summed E-state index contributed by atoms with van der Waals surface area (Å²) in [6, 6.07) is 11.4. The van der Waals surface area contributed by atoms with Crippen molar-refractivity contribution in [2.24, 2.45) is 5.73 Å². The minimum Gasteiger partial charge on any atom is -0.374 e. The molecule has 2 aromatic rings. The summed E-state index contributed by atoms with van der Waals surface area (Å²) in [5.74, 6) is -0.467. The third-order valence-corrected chi connectivity index (χ3v) is 3.12. The second-order valence-corrected chi connectivity index (χ2v) is 4.82. The lowest BCUT2D eigenvalue weighted by Crippen LogP contribution is -2.37. The molecule has 2 atom stereocenters. The second-order valence-electron chi connectivity index (χ2n) is 4.82. The molecule has 0 aliphatic heterocycles. The normalized spacial score (nSPS) is 13.9. The molecular formula is C16H18F2N2O. The fourth-order valence-corrected chi connectivity index (χ4v) is 1.91. The number of benzene rings is 1. The van der Waals surface area contributed by atoms with Crippen LogP contribution in [0.2, 0.25) is 0 Å². The van der Waals surface area contributed by atoms with Crippen molar-refractivity contribution in [3.05, 3.63) is 65.7 Å². The molecule has 0 fully saturated rings. The summed E-state index contributed by atoms with van der Waals surface area (Å²) in [5.41, 5.74) is 6.88. The summed E-state index contributed by atoms with van der Waals surface area (Å²) in [4.78, 5) is 3.87. The fourth-order valence-electron chi connectivity index (χ4n) is 1.91. The molecule has 21 heavy (non-hydrogen) atoms. The van der Waals surface area contributed by atoms with E-state index in [9.17, 15) is 8.78 Å². The van der Waals surface area contributed by atoms with Crippen molar-refractivity contribution >= 4 is 0 Å². The summed E-state index contributed by atoms with van der Waals surface area (Å²) >= 11 is 0. The van der Waals surface area contributed by atoms with Gasteiger partial charge in [-0.2, -0.15) is 0 Å². The summed E-state index contributed by atoms with van der Waals surface area (Å²) < 4.78 is 32.6. The van der Waals surface area contributed by atoms with Gasteiger partial charge in [-0.3, -0.25) is 4.98 Å². The monoisotopic (exact) mass is 292 g/mol. The summed E-state index contributed by atoms with van der Waals surface area (Å²) in [6.07, 6.45) is 0.141. The van der Waals surface area contributed by atoms with Gasteiger partial charge in [0.1, 0.15) is 12.0 Å². The van der Waals surface area contributed by atoms with Crippen molar-refractivity contribution in [2.45, 2.75) is 25.2 Å². The highest BCUT2D eigenvalue weighted by atomic mass is 19.1. The predicted octanol–water partition coefficient (Wildman–Crippen LogP) is 2.65. The zero-order chi connectivity index (χ0) is 15.1. The van der Waals surface area contributed by atoms with Crippen molar-refractivity contribution in [3.8, 4) is 0 Å². The van der Waals surface area contributed by atoms with Crippen molar-refractivity contribution in [1.82, 2.24) is 4.98 Å². The Morgan fingerprint density at radius 2 is 1.90 bits per heavy atom. The molecule has 1 aromatic carbocycles. The van der Waals surface area contributed by atoms with Gasteiger partial charge in [0.2, 0.25) is 0 Å². The molecule has 1 heterocycles. The number of alkyl halides is 1. The maximum absolute atomic E-state index is 13.9. The average Bonchev–Trinajstić information content (AvgIpc) is 2.50. The first-order valence-electron chi connectivity index (χ1n) is 6.77. The van der Waals surface area contributed by atoms with Gasteiger partial charge in [0, 0.05) is 18.7 Å². The van der Waals surface area contributed by atoms with Gasteiger partial charge in [-0.1, -0.05) is 30.3 Å². The van der Waals surface area contributed by atoms with Gasteiger partial charge < -0.3 is 10.5 Å². The van der Waals surface area contributed by atoms with E-state index in [4.69, 9.17) is 10.5 Å². The quantitative estimate of drug-likeness (QED) is 0.853. The SMILES string of the molecule is N[C@H](Cc1ncccc1F)[C@H](F)COCc1ccccc1. The molecule has 0 saturated heterocycles. The van der Waals surface area contributed by atoms with Crippen LogP contribution in [0.25, 0.3) is 0 Å². The van der Waals surface area contributed by atoms with E-state index in [1.165, 1.54) is 18.3 Å². The molecule has 112 valence electrons. The fraction of sp³-hybridized carbons (Fsp3) is 0.312. The molecule has 0 unspecified atom stereocenters. The smallest absolute Gasteiger partial charge is 0.144 e. The topological polar surface area (TPSA) is 48.1 Å². The number of ether oxygens (including phenoxy) is 1. The van der Waals surface area contributed by atoms with Crippen LogP contribution in [0.4, 0.5) is 8.78 Å². The van der Waals surface area contributed by atoms with Gasteiger partial charge in [0.25, 0.3) is 0 Å². The lowest BCUT2D eigenvalue weighted by molar-refractivity contribution is 0.0594. The van der Waals surface area contributed by atoms with Gasteiger partial charge in [0.05, 0.1) is 18.9 Å². The van der Waals surface area contributed by atoms with Gasteiger partial charge in [-0.05, 0) is 17.7 Å². The third kappa shape index (κ3) is 4.88. The highest BCUT2D eigenvalue weighted by molar-refractivity contribution is 5.13. The first kappa shape index (κ1) is 15.5. The summed E-state index contributed by atoms with van der Waals surface area (Å²) in [5, 5.41) is 0. The van der Waals surface area contributed by atoms with E-state index in [0.29, 0.717) is 6.61 Å². The third-order valence-electron chi connectivity index (χ3n) is 3.12. The number of halogens is 2. The lowest BCUT2D eigenvalue weighted by atomic mass is 10.1. The van der Waals surface area contributed by atoms with Crippen molar-refractivity contribution < 1.29 is 13.5 Å². The van der Waals surface area contributed by atoms with E-state index in [0.717, 1.165) is 5.56 Å². The van der Waals surface area contributed by atoms with Crippen LogP contribution in [0.3, 0.4) is 0 Å². The first-order valence-corrected chi connectivity index (χ1v) is 6.77. The van der Waals surface area contributed by atoms with Crippen LogP contribution >= 0.6 is 0 Å². The highest BCUT2D eigenvalue weighted by Gasteiger charge is 2.19. The van der Waals surface area contributed by atoms with Crippen LogP contribution in [0, 0.1) is 5.82 Å². The lowest BCUT2D eigenvalue weighted by Gasteiger charge is -2.16. The molecule has 0 aliphatic rings. The molecule has 1 aromatic heterocycles. The first-order chi connectivity index (χ1) is 10.2. The number of pyridine rings is 1. The van der Waals surface area contributed by atoms with Crippen LogP contribution in [0.5, 0.6) is 0 Å². The molecule has 0 bridgehead atoms. The minimum absolute atomic E-state index is 0.0442. The van der Waals surface area contributed by atoms with Crippen LogP contribution in [0.1, 0.15) is 11.3 Å². The molecule has 0 amide bonds. The van der Waals surface area contributed by atoms with Gasteiger partial charge in [-0.15, -0.1) is 0 Å². The van der Waals surface area contributed by atoms with Crippen LogP contribution in [0.15, 0.2) is 48.7 Å². The average molecular weight is 292 g/mol. The zero-order valence-corrected chi connectivity index (χ0v) is 11.6. The number of hydrogen-bond acceptors (Lipinski definition) is 3. The van der Waals surface area contributed by atoms with Crippen LogP contribution < -0.4 is 5.73 Å². The Hall–Kier alpha value is -1.85. The molecular weight excluding hydrogens is 274 g/mol. The standard InChI is InChI=1S/C16H18F2N2O/c17-13-7-4-8-20-16(13)9-15(19)14(18)11-21-10-12-5-2-1-3-6-12/h1-8,14-15H,9-11,19H2/t14-,15-/m1/s1. The maximum Gasteiger partial charge on any atom is 0.144 e. The maximum atomic E-state index is 13.9. The van der Waals surface area contributed by atoms with Crippen LogP contribution in [-0.4, -0.2) is 23.8 Å². The van der Waals surface area contributed by atoms with Crippen molar-refractivity contribution in [2.75, 3.05) is 6.61 Å². The molecule has 0 radical (unpaired) electrons. The van der Waals surface area contributed by atoms with E-state index in [-0.39, 0.29) is 18.7 Å². The Morgan fingerprint density at radius 1 is 1.14 bits per heavy atom. The molecule has 0 saturated carbocycles. The molecule has 2 N–H and O–H groups in total. The van der Waals surface area contributed by atoms with Crippen molar-refractivity contribution in [1.29, 1.82) is 0 Å². The number of aromatic nitrogens is 1. The Morgan fingerprint density at radius 3 is 2.62 bits per heavy atom. The molecule has 5 heteroatoms. The van der Waals surface area contributed by atoms with E-state index in [1.54, 1.807) is 0 Å². The number of hydrogen-bond donors (Lipinski definition) is 1. The Kier molecular flexibility index (Phi) is 5.78. The molecule has 0 spiro atoms. The summed E-state index contributed by atoms with van der Waals surface area (Å²) in [7, 11) is 0.